The molecule has 0 amide bonds. The van der Waals surface area contributed by atoms with Crippen LogP contribution in [0.1, 0.15) is 12.8 Å². The molecule has 1 aliphatic heterocycles. The molecule has 0 spiro atoms. The van der Waals surface area contributed by atoms with Crippen molar-refractivity contribution < 1.29 is 19.7 Å². The molecule has 0 radical (unpaired) electrons. The Hall–Kier alpha value is 0.315. The van der Waals surface area contributed by atoms with Gasteiger partial charge in [0.05, 0.1) is 6.42 Å². The molecule has 2 fully saturated rings. The summed E-state index contributed by atoms with van der Waals surface area (Å²) in [5.74, 6) is 0.317. The average Bonchev–Trinajstić information content (AvgIpc) is 2.70. The number of rotatable bonds is 4. The van der Waals surface area contributed by atoms with Gasteiger partial charge in [-0.25, -0.2) is 0 Å². The van der Waals surface area contributed by atoms with Crippen LogP contribution in [0, 0.1) is 11.8 Å². The number of aliphatic hydroxyl groups is 1. The summed E-state index contributed by atoms with van der Waals surface area (Å²) in [6.45, 7) is 0.144. The van der Waals surface area contributed by atoms with E-state index in [0.717, 1.165) is 6.42 Å². The number of carbonyl (C=O) groups excluding carboxylic acids is 1. The molecule has 0 bridgehead atoms. The van der Waals surface area contributed by atoms with E-state index in [1.165, 1.54) is 0 Å². The van der Waals surface area contributed by atoms with Crippen molar-refractivity contribution in [3.63, 3.8) is 0 Å². The predicted molar refractivity (Wildman–Crippen MR) is 63.0 cm³/mol. The Kier molecular flexibility index (Phi) is 4.01. The van der Waals surface area contributed by atoms with Crippen molar-refractivity contribution in [3.05, 3.63) is 0 Å². The second-order valence-corrected chi connectivity index (χ2v) is 7.69. The number of hydrogen-bond acceptors (Lipinski definition) is 4. The van der Waals surface area contributed by atoms with E-state index in [9.17, 15) is 9.90 Å². The molecular weight excluding hydrogens is 233 g/mol. The molecule has 3 unspecified atom stereocenters. The maximum atomic E-state index is 11.1. The number of aliphatic hydroxyl groups excluding tert-OH is 1. The first-order valence-corrected chi connectivity index (χ1v) is 8.44. The second-order valence-electron chi connectivity index (χ2n) is 4.06. The average molecular weight is 248 g/mol. The van der Waals surface area contributed by atoms with Crippen molar-refractivity contribution in [1.82, 2.24) is 0 Å². The van der Waals surface area contributed by atoms with E-state index in [4.69, 9.17) is 9.76 Å². The summed E-state index contributed by atoms with van der Waals surface area (Å²) in [5.41, 5.74) is 0.448. The molecule has 7 heteroatoms. The molecule has 1 aliphatic carbocycles. The SMILES string of the molecule is O=C1C[C@H]2C(C[C@@H](PPBO)[C@@H]2CO)O1. The van der Waals surface area contributed by atoms with E-state index in [1.807, 2.05) is 0 Å². The molecular formula is C8H15BO4P2. The van der Waals surface area contributed by atoms with Crippen LogP contribution in [-0.2, 0) is 9.53 Å². The van der Waals surface area contributed by atoms with Crippen LogP contribution in [0.3, 0.4) is 0 Å². The zero-order valence-electron chi connectivity index (χ0n) is 8.35. The number of fused-ring (bicyclic) bond motifs is 1. The molecule has 2 aliphatic rings. The van der Waals surface area contributed by atoms with Crippen molar-refractivity contribution in [1.29, 1.82) is 0 Å². The standard InChI is InChI=1S/C8H15BO4P2/c10-3-5-4-1-8(11)13-6(4)2-7(5)14-15-9-12/h4-7,9-10,12,14-15H,1-3H2/t4-,5-,6?,7-/m1/s1. The van der Waals surface area contributed by atoms with Gasteiger partial charge in [-0.1, -0.05) is 0 Å². The van der Waals surface area contributed by atoms with Crippen LogP contribution in [-0.4, -0.2) is 41.7 Å². The fraction of sp³-hybridized carbons (Fsp3) is 0.875. The Morgan fingerprint density at radius 1 is 1.60 bits per heavy atom. The van der Waals surface area contributed by atoms with Gasteiger partial charge in [-0.15, -0.1) is 16.4 Å². The normalized spacial score (nSPS) is 40.5. The number of ether oxygens (including phenoxy) is 1. The lowest BCUT2D eigenvalue weighted by Gasteiger charge is -2.19. The summed E-state index contributed by atoms with van der Waals surface area (Å²) < 4.78 is 5.22. The van der Waals surface area contributed by atoms with Gasteiger partial charge in [0.25, 0.3) is 0 Å². The van der Waals surface area contributed by atoms with E-state index >= 15 is 0 Å². The van der Waals surface area contributed by atoms with Gasteiger partial charge in [-0.2, -0.15) is 0 Å². The van der Waals surface area contributed by atoms with Crippen LogP contribution in [0.5, 0.6) is 0 Å². The first-order chi connectivity index (χ1) is 7.26. The first-order valence-electron chi connectivity index (χ1n) is 5.16. The fourth-order valence-corrected chi connectivity index (χ4v) is 5.93. The highest BCUT2D eigenvalue weighted by Crippen LogP contribution is 2.53. The molecule has 2 rings (SSSR count). The third-order valence-electron chi connectivity index (χ3n) is 3.29. The van der Waals surface area contributed by atoms with Crippen LogP contribution in [0.4, 0.5) is 0 Å². The van der Waals surface area contributed by atoms with E-state index in [-0.39, 0.29) is 37.7 Å². The highest BCUT2D eigenvalue weighted by atomic mass is 32.0. The van der Waals surface area contributed by atoms with Gasteiger partial charge in [0, 0.05) is 12.5 Å². The minimum absolute atomic E-state index is 0.0376. The molecule has 84 valence electrons. The number of esters is 1. The van der Waals surface area contributed by atoms with Gasteiger partial charge >= 0.3 is 13.2 Å². The Labute approximate surface area is 92.9 Å². The molecule has 6 atom stereocenters. The van der Waals surface area contributed by atoms with E-state index in [0.29, 0.717) is 28.5 Å². The molecule has 15 heavy (non-hydrogen) atoms. The maximum absolute atomic E-state index is 11.1. The summed E-state index contributed by atoms with van der Waals surface area (Å²) in [7, 11) is 1.51. The second kappa shape index (κ2) is 5.10. The monoisotopic (exact) mass is 248 g/mol. The van der Waals surface area contributed by atoms with Crippen molar-refractivity contribution in [2.24, 2.45) is 11.8 Å². The van der Waals surface area contributed by atoms with Crippen LogP contribution in [0.25, 0.3) is 0 Å². The summed E-state index contributed by atoms with van der Waals surface area (Å²) in [5, 5.41) is 18.1. The van der Waals surface area contributed by atoms with E-state index < -0.39 is 0 Å². The zero-order chi connectivity index (χ0) is 10.8. The van der Waals surface area contributed by atoms with Gasteiger partial charge in [-0.05, 0) is 18.0 Å². The number of carbonyl (C=O) groups is 1. The van der Waals surface area contributed by atoms with Crippen LogP contribution >= 0.6 is 16.4 Å². The van der Waals surface area contributed by atoms with Crippen molar-refractivity contribution >= 4 is 29.6 Å². The lowest BCUT2D eigenvalue weighted by atomic mass is 9.94. The third kappa shape index (κ3) is 2.36. The Bertz CT molecular complexity index is 253. The van der Waals surface area contributed by atoms with Gasteiger partial charge in [-0.3, -0.25) is 4.79 Å². The van der Waals surface area contributed by atoms with Crippen molar-refractivity contribution in [2.45, 2.75) is 24.6 Å². The van der Waals surface area contributed by atoms with Gasteiger partial charge in [0.15, 0.2) is 0 Å². The highest BCUT2D eigenvalue weighted by Gasteiger charge is 2.49. The molecule has 0 aromatic carbocycles. The first kappa shape index (κ1) is 11.8. The quantitative estimate of drug-likeness (QED) is 0.411. The summed E-state index contributed by atoms with van der Waals surface area (Å²) in [6.07, 6.45) is 1.39. The van der Waals surface area contributed by atoms with Crippen LogP contribution < -0.4 is 0 Å². The molecule has 4 nitrogen and oxygen atoms in total. The lowest BCUT2D eigenvalue weighted by molar-refractivity contribution is -0.141. The fourth-order valence-electron chi connectivity index (χ4n) is 2.61. The predicted octanol–water partition coefficient (Wildman–Crippen LogP) is -0.170. The molecule has 1 saturated carbocycles. The number of hydrogen-bond donors (Lipinski definition) is 2. The van der Waals surface area contributed by atoms with Gasteiger partial charge < -0.3 is 14.9 Å². The Balaban J connectivity index is 1.97. The van der Waals surface area contributed by atoms with E-state index in [1.54, 1.807) is 0 Å². The zero-order valence-corrected chi connectivity index (χ0v) is 10.3. The van der Waals surface area contributed by atoms with Crippen molar-refractivity contribution in [2.75, 3.05) is 6.61 Å². The topological polar surface area (TPSA) is 66.8 Å². The Morgan fingerprint density at radius 2 is 2.40 bits per heavy atom. The van der Waals surface area contributed by atoms with Gasteiger partial charge in [0.1, 0.15) is 6.10 Å². The molecule has 1 heterocycles. The van der Waals surface area contributed by atoms with E-state index in [2.05, 4.69) is 0 Å². The molecule has 0 aromatic heterocycles. The lowest BCUT2D eigenvalue weighted by Crippen LogP contribution is -2.20. The summed E-state index contributed by atoms with van der Waals surface area (Å²) in [6, 6.07) is 0. The minimum Gasteiger partial charge on any atom is -0.462 e. The largest absolute Gasteiger partial charge is 0.462 e. The summed E-state index contributed by atoms with van der Waals surface area (Å²) >= 11 is 0. The molecule has 2 N–H and O–H groups in total. The van der Waals surface area contributed by atoms with Crippen LogP contribution in [0.15, 0.2) is 0 Å². The van der Waals surface area contributed by atoms with Gasteiger partial charge in [0.2, 0.25) is 0 Å². The third-order valence-corrected chi connectivity index (χ3v) is 6.89. The molecule has 1 saturated heterocycles. The Morgan fingerprint density at radius 3 is 3.07 bits per heavy atom. The maximum Gasteiger partial charge on any atom is 0.306 e. The molecule has 0 aromatic rings. The highest BCUT2D eigenvalue weighted by molar-refractivity contribution is 8.24. The van der Waals surface area contributed by atoms with Crippen molar-refractivity contribution in [3.8, 4) is 0 Å². The summed E-state index contributed by atoms with van der Waals surface area (Å²) in [4.78, 5) is 11.1. The smallest absolute Gasteiger partial charge is 0.306 e. The minimum atomic E-state index is -0.116. The van der Waals surface area contributed by atoms with Crippen LogP contribution in [0.2, 0.25) is 0 Å².